The van der Waals surface area contributed by atoms with Gasteiger partial charge in [-0.3, -0.25) is 9.59 Å². The lowest BCUT2D eigenvalue weighted by Gasteiger charge is -2.21. The van der Waals surface area contributed by atoms with Crippen LogP contribution in [0.2, 0.25) is 0 Å². The van der Waals surface area contributed by atoms with Gasteiger partial charge in [-0.15, -0.1) is 12.4 Å². The second kappa shape index (κ2) is 7.61. The summed E-state index contributed by atoms with van der Waals surface area (Å²) in [6, 6.07) is 7.33. The molecule has 1 aromatic rings. The molecule has 0 aromatic heterocycles. The number of carbonyl (C=O) groups excluding carboxylic acids is 2. The number of hydrogen-bond donors (Lipinski definition) is 3. The van der Waals surface area contributed by atoms with Crippen LogP contribution < -0.4 is 16.0 Å². The highest BCUT2D eigenvalue weighted by atomic mass is 35.5. The highest BCUT2D eigenvalue weighted by Gasteiger charge is 2.29. The molecule has 0 atom stereocenters. The van der Waals surface area contributed by atoms with E-state index in [1.54, 1.807) is 0 Å². The Labute approximate surface area is 136 Å². The molecule has 22 heavy (non-hydrogen) atoms. The molecule has 3 rings (SSSR count). The number of nitrogens with one attached hydrogen (secondary N) is 3. The Morgan fingerprint density at radius 3 is 1.64 bits per heavy atom. The molecule has 0 bridgehead atoms. The van der Waals surface area contributed by atoms with Gasteiger partial charge in [-0.05, 0) is 63.0 Å². The van der Waals surface area contributed by atoms with Gasteiger partial charge in [-0.1, -0.05) is 0 Å². The molecule has 1 aromatic carbocycles. The number of piperidine rings is 1. The van der Waals surface area contributed by atoms with Gasteiger partial charge in [0, 0.05) is 23.2 Å². The second-order valence-corrected chi connectivity index (χ2v) is 5.85. The van der Waals surface area contributed by atoms with E-state index in [0.29, 0.717) is 0 Å². The van der Waals surface area contributed by atoms with Gasteiger partial charge in [-0.25, -0.2) is 0 Å². The Kier molecular flexibility index (Phi) is 5.80. The summed E-state index contributed by atoms with van der Waals surface area (Å²) in [6.45, 7) is 1.81. The molecule has 2 fully saturated rings. The third kappa shape index (κ3) is 4.45. The van der Waals surface area contributed by atoms with Gasteiger partial charge in [0.15, 0.2) is 0 Å². The van der Waals surface area contributed by atoms with E-state index in [0.717, 1.165) is 50.1 Å². The maximum absolute atomic E-state index is 12.1. The Morgan fingerprint density at radius 2 is 1.23 bits per heavy atom. The summed E-state index contributed by atoms with van der Waals surface area (Å²) in [5.41, 5.74) is 1.56. The first-order chi connectivity index (χ1) is 10.2. The summed E-state index contributed by atoms with van der Waals surface area (Å²) >= 11 is 0. The quantitative estimate of drug-likeness (QED) is 0.797. The van der Waals surface area contributed by atoms with E-state index in [-0.39, 0.29) is 36.1 Å². The highest BCUT2D eigenvalue weighted by molar-refractivity contribution is 5.95. The molecule has 2 amide bonds. The summed E-state index contributed by atoms with van der Waals surface area (Å²) in [4.78, 5) is 23.8. The van der Waals surface area contributed by atoms with Crippen molar-refractivity contribution in [3.8, 4) is 0 Å². The average Bonchev–Trinajstić information content (AvgIpc) is 3.35. The molecule has 1 aliphatic carbocycles. The molecular formula is C16H22ClN3O2. The predicted molar refractivity (Wildman–Crippen MR) is 89.3 cm³/mol. The fourth-order valence-electron chi connectivity index (χ4n) is 2.56. The van der Waals surface area contributed by atoms with Crippen LogP contribution in [0.1, 0.15) is 25.7 Å². The zero-order valence-corrected chi connectivity index (χ0v) is 13.2. The number of halogens is 1. The van der Waals surface area contributed by atoms with Crippen LogP contribution in [0.5, 0.6) is 0 Å². The molecule has 1 saturated heterocycles. The number of amides is 2. The normalized spacial score (nSPS) is 18.2. The van der Waals surface area contributed by atoms with Crippen molar-refractivity contribution >= 4 is 35.6 Å². The van der Waals surface area contributed by atoms with Crippen LogP contribution in [0, 0.1) is 11.8 Å². The van der Waals surface area contributed by atoms with Crippen LogP contribution in [0.15, 0.2) is 24.3 Å². The van der Waals surface area contributed by atoms with Gasteiger partial charge in [0.1, 0.15) is 0 Å². The standard InChI is InChI=1S/C16H21N3O2.ClH/c20-15(11-1-2-11)18-13-3-5-14(6-4-13)19-16(21)12-7-9-17-10-8-12;/h3-6,11-12,17H,1-2,7-10H2,(H,18,20)(H,19,21);1H. The molecule has 120 valence electrons. The van der Waals surface area contributed by atoms with Crippen molar-refractivity contribution in [1.29, 1.82) is 0 Å². The Morgan fingerprint density at radius 1 is 0.818 bits per heavy atom. The number of carbonyl (C=O) groups is 2. The summed E-state index contributed by atoms with van der Waals surface area (Å²) in [5, 5.41) is 9.09. The van der Waals surface area contributed by atoms with Crippen LogP contribution >= 0.6 is 12.4 Å². The lowest BCUT2D eigenvalue weighted by Crippen LogP contribution is -2.34. The highest BCUT2D eigenvalue weighted by Crippen LogP contribution is 2.30. The van der Waals surface area contributed by atoms with Gasteiger partial charge >= 0.3 is 0 Å². The smallest absolute Gasteiger partial charge is 0.227 e. The SMILES string of the molecule is Cl.O=C(Nc1ccc(NC(=O)C2CC2)cc1)C1CCNCC1. The van der Waals surface area contributed by atoms with Crippen LogP contribution in [0.25, 0.3) is 0 Å². The average molecular weight is 324 g/mol. The molecule has 1 saturated carbocycles. The van der Waals surface area contributed by atoms with Gasteiger partial charge < -0.3 is 16.0 Å². The van der Waals surface area contributed by atoms with Gasteiger partial charge in [-0.2, -0.15) is 0 Å². The lowest BCUT2D eigenvalue weighted by atomic mass is 9.97. The Hall–Kier alpha value is -1.59. The third-order valence-electron chi connectivity index (χ3n) is 4.08. The third-order valence-corrected chi connectivity index (χ3v) is 4.08. The largest absolute Gasteiger partial charge is 0.326 e. The zero-order chi connectivity index (χ0) is 14.7. The predicted octanol–water partition coefficient (Wildman–Crippen LogP) is 2.40. The van der Waals surface area contributed by atoms with Crippen molar-refractivity contribution in [1.82, 2.24) is 5.32 Å². The fraction of sp³-hybridized carbons (Fsp3) is 0.500. The van der Waals surface area contributed by atoms with Crippen molar-refractivity contribution in [2.75, 3.05) is 23.7 Å². The molecule has 3 N–H and O–H groups in total. The fourth-order valence-corrected chi connectivity index (χ4v) is 2.56. The van der Waals surface area contributed by atoms with Crippen LogP contribution in [0.4, 0.5) is 11.4 Å². The molecule has 5 nitrogen and oxygen atoms in total. The second-order valence-electron chi connectivity index (χ2n) is 5.85. The van der Waals surface area contributed by atoms with E-state index < -0.39 is 0 Å². The first kappa shape index (κ1) is 16.8. The van der Waals surface area contributed by atoms with Crippen LogP contribution in [-0.2, 0) is 9.59 Å². The summed E-state index contributed by atoms with van der Waals surface area (Å²) in [6.07, 6.45) is 3.77. The molecule has 0 spiro atoms. The van der Waals surface area contributed by atoms with Crippen molar-refractivity contribution in [2.45, 2.75) is 25.7 Å². The van der Waals surface area contributed by atoms with E-state index in [1.165, 1.54) is 0 Å². The van der Waals surface area contributed by atoms with Crippen molar-refractivity contribution in [3.05, 3.63) is 24.3 Å². The first-order valence-electron chi connectivity index (χ1n) is 7.65. The minimum Gasteiger partial charge on any atom is -0.326 e. The maximum atomic E-state index is 12.1. The molecule has 0 radical (unpaired) electrons. The summed E-state index contributed by atoms with van der Waals surface area (Å²) in [7, 11) is 0. The Balaban J connectivity index is 0.00000176. The molecule has 0 unspecified atom stereocenters. The van der Waals surface area contributed by atoms with E-state index >= 15 is 0 Å². The van der Waals surface area contributed by atoms with E-state index in [4.69, 9.17) is 0 Å². The monoisotopic (exact) mass is 323 g/mol. The topological polar surface area (TPSA) is 70.2 Å². The van der Waals surface area contributed by atoms with Gasteiger partial charge in [0.2, 0.25) is 11.8 Å². The summed E-state index contributed by atoms with van der Waals surface area (Å²) < 4.78 is 0. The van der Waals surface area contributed by atoms with Crippen LogP contribution in [-0.4, -0.2) is 24.9 Å². The Bertz CT molecular complexity index is 523. The summed E-state index contributed by atoms with van der Waals surface area (Å²) in [5.74, 6) is 0.484. The van der Waals surface area contributed by atoms with Gasteiger partial charge in [0.05, 0.1) is 0 Å². The van der Waals surface area contributed by atoms with Gasteiger partial charge in [0.25, 0.3) is 0 Å². The van der Waals surface area contributed by atoms with E-state index in [1.807, 2.05) is 24.3 Å². The zero-order valence-electron chi connectivity index (χ0n) is 12.4. The van der Waals surface area contributed by atoms with E-state index in [2.05, 4.69) is 16.0 Å². The number of hydrogen-bond acceptors (Lipinski definition) is 3. The first-order valence-corrected chi connectivity index (χ1v) is 7.65. The molecule has 1 heterocycles. The minimum absolute atomic E-state index is 0. The van der Waals surface area contributed by atoms with Crippen molar-refractivity contribution < 1.29 is 9.59 Å². The molecule has 6 heteroatoms. The van der Waals surface area contributed by atoms with Crippen molar-refractivity contribution in [3.63, 3.8) is 0 Å². The molecule has 2 aliphatic rings. The lowest BCUT2D eigenvalue weighted by molar-refractivity contribution is -0.120. The number of anilines is 2. The van der Waals surface area contributed by atoms with E-state index in [9.17, 15) is 9.59 Å². The van der Waals surface area contributed by atoms with Crippen molar-refractivity contribution in [2.24, 2.45) is 11.8 Å². The number of rotatable bonds is 4. The van der Waals surface area contributed by atoms with Crippen LogP contribution in [0.3, 0.4) is 0 Å². The number of benzene rings is 1. The maximum Gasteiger partial charge on any atom is 0.227 e. The minimum atomic E-state index is 0. The molecular weight excluding hydrogens is 302 g/mol. The molecule has 1 aliphatic heterocycles.